The molecule has 2 aromatic heterocycles. The van der Waals surface area contributed by atoms with E-state index >= 15 is 0 Å². The minimum atomic E-state index is -0.552. The lowest BCUT2D eigenvalue weighted by atomic mass is 10.2. The SMILES string of the molecule is C[C@@H](N)c1ccc(-n2ccc(C(N)=O)n2)cn1. The summed E-state index contributed by atoms with van der Waals surface area (Å²) in [5.41, 5.74) is 12.6. The van der Waals surface area contributed by atoms with Crippen molar-refractivity contribution in [3.63, 3.8) is 0 Å². The fraction of sp³-hybridized carbons (Fsp3) is 0.182. The van der Waals surface area contributed by atoms with Crippen molar-refractivity contribution >= 4 is 5.91 Å². The molecule has 0 aliphatic carbocycles. The van der Waals surface area contributed by atoms with Crippen LogP contribution in [0.3, 0.4) is 0 Å². The molecule has 0 fully saturated rings. The van der Waals surface area contributed by atoms with Crippen LogP contribution < -0.4 is 11.5 Å². The van der Waals surface area contributed by atoms with Gasteiger partial charge in [0.2, 0.25) is 0 Å². The Labute approximate surface area is 98.3 Å². The van der Waals surface area contributed by atoms with E-state index < -0.39 is 5.91 Å². The number of nitrogens with two attached hydrogens (primary N) is 2. The third-order valence-electron chi connectivity index (χ3n) is 2.34. The van der Waals surface area contributed by atoms with Crippen LogP contribution in [0, 0.1) is 0 Å². The third-order valence-corrected chi connectivity index (χ3v) is 2.34. The van der Waals surface area contributed by atoms with Crippen molar-refractivity contribution in [3.8, 4) is 5.69 Å². The topological polar surface area (TPSA) is 99.8 Å². The Morgan fingerprint density at radius 3 is 2.65 bits per heavy atom. The zero-order valence-corrected chi connectivity index (χ0v) is 9.37. The van der Waals surface area contributed by atoms with Gasteiger partial charge in [-0.05, 0) is 25.1 Å². The molecule has 0 spiro atoms. The van der Waals surface area contributed by atoms with Crippen molar-refractivity contribution in [1.82, 2.24) is 14.8 Å². The molecular formula is C11H13N5O. The highest BCUT2D eigenvalue weighted by Crippen LogP contribution is 2.10. The van der Waals surface area contributed by atoms with Gasteiger partial charge in [0.25, 0.3) is 5.91 Å². The lowest BCUT2D eigenvalue weighted by Gasteiger charge is -2.05. The molecule has 0 bridgehead atoms. The highest BCUT2D eigenvalue weighted by molar-refractivity contribution is 5.90. The van der Waals surface area contributed by atoms with Gasteiger partial charge in [-0.3, -0.25) is 9.78 Å². The second-order valence-corrected chi connectivity index (χ2v) is 3.74. The van der Waals surface area contributed by atoms with Crippen molar-refractivity contribution in [2.45, 2.75) is 13.0 Å². The number of carbonyl (C=O) groups is 1. The first kappa shape index (κ1) is 11.3. The van der Waals surface area contributed by atoms with Crippen LogP contribution in [0.15, 0.2) is 30.6 Å². The highest BCUT2D eigenvalue weighted by Gasteiger charge is 2.06. The van der Waals surface area contributed by atoms with Gasteiger partial charge in [0, 0.05) is 12.2 Å². The molecule has 6 heteroatoms. The number of pyridine rings is 1. The van der Waals surface area contributed by atoms with Crippen LogP contribution in [0.25, 0.3) is 5.69 Å². The number of hydrogen-bond acceptors (Lipinski definition) is 4. The first-order valence-corrected chi connectivity index (χ1v) is 5.15. The fourth-order valence-electron chi connectivity index (χ4n) is 1.40. The van der Waals surface area contributed by atoms with Gasteiger partial charge in [0.1, 0.15) is 5.69 Å². The molecule has 0 aliphatic rings. The van der Waals surface area contributed by atoms with Gasteiger partial charge >= 0.3 is 0 Å². The number of nitrogens with zero attached hydrogens (tertiary/aromatic N) is 3. The van der Waals surface area contributed by atoms with Gasteiger partial charge in [-0.1, -0.05) is 0 Å². The van der Waals surface area contributed by atoms with E-state index in [9.17, 15) is 4.79 Å². The largest absolute Gasteiger partial charge is 0.364 e. The molecular weight excluding hydrogens is 218 g/mol. The molecule has 0 aromatic carbocycles. The van der Waals surface area contributed by atoms with E-state index in [1.807, 2.05) is 19.1 Å². The molecule has 2 rings (SSSR count). The van der Waals surface area contributed by atoms with Gasteiger partial charge in [0.05, 0.1) is 17.6 Å². The lowest BCUT2D eigenvalue weighted by molar-refractivity contribution is 0.0995. The number of amides is 1. The van der Waals surface area contributed by atoms with Crippen molar-refractivity contribution in [2.75, 3.05) is 0 Å². The fourth-order valence-corrected chi connectivity index (χ4v) is 1.40. The molecule has 1 amide bonds. The summed E-state index contributed by atoms with van der Waals surface area (Å²) in [5, 5.41) is 4.03. The summed E-state index contributed by atoms with van der Waals surface area (Å²) in [5.74, 6) is -0.552. The van der Waals surface area contributed by atoms with Crippen molar-refractivity contribution in [1.29, 1.82) is 0 Å². The van der Waals surface area contributed by atoms with Crippen LogP contribution in [0.4, 0.5) is 0 Å². The van der Waals surface area contributed by atoms with Crippen LogP contribution in [-0.2, 0) is 0 Å². The van der Waals surface area contributed by atoms with Crippen LogP contribution in [-0.4, -0.2) is 20.7 Å². The molecule has 0 saturated heterocycles. The third kappa shape index (κ3) is 2.31. The van der Waals surface area contributed by atoms with Crippen LogP contribution in [0.1, 0.15) is 29.1 Å². The molecule has 88 valence electrons. The van der Waals surface area contributed by atoms with Gasteiger partial charge in [-0.2, -0.15) is 5.10 Å². The summed E-state index contributed by atoms with van der Waals surface area (Å²) in [4.78, 5) is 15.1. The summed E-state index contributed by atoms with van der Waals surface area (Å²) in [6, 6.07) is 5.11. The molecule has 2 aromatic rings. The van der Waals surface area contributed by atoms with E-state index in [2.05, 4.69) is 10.1 Å². The summed E-state index contributed by atoms with van der Waals surface area (Å²) in [7, 11) is 0. The van der Waals surface area contributed by atoms with E-state index in [1.165, 1.54) is 4.68 Å². The lowest BCUT2D eigenvalue weighted by Crippen LogP contribution is -2.12. The maximum atomic E-state index is 10.9. The molecule has 2 heterocycles. The molecule has 0 radical (unpaired) electrons. The van der Waals surface area contributed by atoms with Crippen LogP contribution in [0.5, 0.6) is 0 Å². The molecule has 17 heavy (non-hydrogen) atoms. The second kappa shape index (κ2) is 4.34. The smallest absolute Gasteiger partial charge is 0.269 e. The summed E-state index contributed by atoms with van der Waals surface area (Å²) >= 11 is 0. The molecule has 6 nitrogen and oxygen atoms in total. The second-order valence-electron chi connectivity index (χ2n) is 3.74. The highest BCUT2D eigenvalue weighted by atomic mass is 16.1. The quantitative estimate of drug-likeness (QED) is 0.797. The van der Waals surface area contributed by atoms with Crippen LogP contribution >= 0.6 is 0 Å². The van der Waals surface area contributed by atoms with E-state index in [4.69, 9.17) is 11.5 Å². The molecule has 4 N–H and O–H groups in total. The van der Waals surface area contributed by atoms with Crippen molar-refractivity contribution in [2.24, 2.45) is 11.5 Å². The molecule has 0 aliphatic heterocycles. The average molecular weight is 231 g/mol. The Morgan fingerprint density at radius 2 is 2.18 bits per heavy atom. The number of aromatic nitrogens is 3. The van der Waals surface area contributed by atoms with E-state index in [0.29, 0.717) is 0 Å². The van der Waals surface area contributed by atoms with E-state index in [0.717, 1.165) is 11.4 Å². The first-order chi connectivity index (χ1) is 8.08. The summed E-state index contributed by atoms with van der Waals surface area (Å²) < 4.78 is 1.54. The maximum absolute atomic E-state index is 10.9. The van der Waals surface area contributed by atoms with Gasteiger partial charge in [0.15, 0.2) is 0 Å². The number of rotatable bonds is 3. The minimum Gasteiger partial charge on any atom is -0.364 e. The van der Waals surface area contributed by atoms with Crippen molar-refractivity contribution < 1.29 is 4.79 Å². The van der Waals surface area contributed by atoms with Crippen molar-refractivity contribution in [3.05, 3.63) is 42.0 Å². The molecule has 0 saturated carbocycles. The van der Waals surface area contributed by atoms with E-state index in [1.54, 1.807) is 18.5 Å². The minimum absolute atomic E-state index is 0.108. The average Bonchev–Trinajstić information content (AvgIpc) is 2.78. The summed E-state index contributed by atoms with van der Waals surface area (Å²) in [6.45, 7) is 1.86. The normalized spacial score (nSPS) is 12.4. The van der Waals surface area contributed by atoms with Crippen LogP contribution in [0.2, 0.25) is 0 Å². The zero-order chi connectivity index (χ0) is 12.4. The molecule has 1 atom stereocenters. The number of carbonyl (C=O) groups excluding carboxylic acids is 1. The van der Waals surface area contributed by atoms with E-state index in [-0.39, 0.29) is 11.7 Å². The molecule has 0 unspecified atom stereocenters. The Hall–Kier alpha value is -2.21. The van der Waals surface area contributed by atoms with Gasteiger partial charge in [-0.25, -0.2) is 4.68 Å². The predicted octanol–water partition coefficient (Wildman–Crippen LogP) is 0.386. The standard InChI is InChI=1S/C11H13N5O/c1-7(12)9-3-2-8(6-14-9)16-5-4-10(15-16)11(13)17/h2-7H,12H2,1H3,(H2,13,17)/t7-/m1/s1. The monoisotopic (exact) mass is 231 g/mol. The Kier molecular flexibility index (Phi) is 2.88. The van der Waals surface area contributed by atoms with Gasteiger partial charge < -0.3 is 11.5 Å². The maximum Gasteiger partial charge on any atom is 0.269 e. The Morgan fingerprint density at radius 1 is 1.41 bits per heavy atom. The zero-order valence-electron chi connectivity index (χ0n) is 9.37. The van der Waals surface area contributed by atoms with Gasteiger partial charge in [-0.15, -0.1) is 0 Å². The predicted molar refractivity (Wildman–Crippen MR) is 62.5 cm³/mol. The number of primary amides is 1. The Balaban J connectivity index is 2.30. The number of hydrogen-bond donors (Lipinski definition) is 2. The summed E-state index contributed by atoms with van der Waals surface area (Å²) in [6.07, 6.45) is 3.30. The first-order valence-electron chi connectivity index (χ1n) is 5.15. The Bertz CT molecular complexity index is 529.